The third-order valence-corrected chi connectivity index (χ3v) is 3.04. The molecule has 0 aromatic rings. The molecular formula is C12H25NO. The van der Waals surface area contributed by atoms with Crippen LogP contribution in [0, 0.1) is 5.92 Å². The van der Waals surface area contributed by atoms with Crippen LogP contribution in [0.2, 0.25) is 0 Å². The summed E-state index contributed by atoms with van der Waals surface area (Å²) in [6.07, 6.45) is 7.68. The number of hydrogen-bond acceptors (Lipinski definition) is 2. The number of hydrogen-bond donors (Lipinski definition) is 1. The van der Waals surface area contributed by atoms with E-state index >= 15 is 0 Å². The summed E-state index contributed by atoms with van der Waals surface area (Å²) >= 11 is 0. The molecule has 0 spiro atoms. The van der Waals surface area contributed by atoms with Crippen LogP contribution in [0.4, 0.5) is 0 Å². The lowest BCUT2D eigenvalue weighted by Crippen LogP contribution is -2.26. The van der Waals surface area contributed by atoms with E-state index in [0.29, 0.717) is 6.61 Å². The second-order valence-corrected chi connectivity index (χ2v) is 4.47. The minimum Gasteiger partial charge on any atom is -0.396 e. The van der Waals surface area contributed by atoms with E-state index in [1.807, 2.05) is 0 Å². The maximum atomic E-state index is 8.64. The zero-order valence-corrected chi connectivity index (χ0v) is 9.54. The van der Waals surface area contributed by atoms with Crippen LogP contribution in [0.5, 0.6) is 0 Å². The van der Waals surface area contributed by atoms with Crippen molar-refractivity contribution >= 4 is 0 Å². The molecule has 14 heavy (non-hydrogen) atoms. The van der Waals surface area contributed by atoms with Gasteiger partial charge in [-0.3, -0.25) is 0 Å². The van der Waals surface area contributed by atoms with E-state index in [1.165, 1.54) is 51.7 Å². The van der Waals surface area contributed by atoms with E-state index in [1.54, 1.807) is 0 Å². The minimum absolute atomic E-state index is 0.361. The molecule has 0 unspecified atom stereocenters. The molecule has 1 N–H and O–H groups in total. The van der Waals surface area contributed by atoms with Crippen molar-refractivity contribution in [3.63, 3.8) is 0 Å². The van der Waals surface area contributed by atoms with Crippen LogP contribution in [0.15, 0.2) is 0 Å². The second-order valence-electron chi connectivity index (χ2n) is 4.47. The molecule has 0 atom stereocenters. The third-order valence-electron chi connectivity index (χ3n) is 3.04. The zero-order valence-electron chi connectivity index (χ0n) is 9.54. The first kappa shape index (κ1) is 12.0. The first-order valence-electron chi connectivity index (χ1n) is 6.20. The maximum Gasteiger partial charge on any atom is 0.0431 e. The number of rotatable bonds is 9. The average Bonchev–Trinajstić information content (AvgIpc) is 2.99. The summed E-state index contributed by atoms with van der Waals surface area (Å²) in [4.78, 5) is 2.58. The topological polar surface area (TPSA) is 23.5 Å². The minimum atomic E-state index is 0.361. The van der Waals surface area contributed by atoms with Gasteiger partial charge >= 0.3 is 0 Å². The molecule has 2 nitrogen and oxygen atoms in total. The van der Waals surface area contributed by atoms with E-state index in [9.17, 15) is 0 Å². The SMILES string of the molecule is CCN(CCCCCCO)CC1CC1. The molecule has 0 aromatic carbocycles. The predicted octanol–water partition coefficient (Wildman–Crippen LogP) is 2.27. The Labute approximate surface area is 88.3 Å². The molecule has 1 rings (SSSR count). The summed E-state index contributed by atoms with van der Waals surface area (Å²) in [5.41, 5.74) is 0. The molecule has 0 aliphatic heterocycles. The Morgan fingerprint density at radius 2 is 1.86 bits per heavy atom. The Bertz CT molecular complexity index is 134. The van der Waals surface area contributed by atoms with Gasteiger partial charge in [0.1, 0.15) is 0 Å². The predicted molar refractivity (Wildman–Crippen MR) is 60.4 cm³/mol. The fraction of sp³-hybridized carbons (Fsp3) is 1.00. The van der Waals surface area contributed by atoms with Gasteiger partial charge in [-0.25, -0.2) is 0 Å². The van der Waals surface area contributed by atoms with Gasteiger partial charge in [-0.05, 0) is 44.7 Å². The van der Waals surface area contributed by atoms with E-state index in [0.717, 1.165) is 12.3 Å². The van der Waals surface area contributed by atoms with Crippen molar-refractivity contribution in [3.05, 3.63) is 0 Å². The number of unbranched alkanes of at least 4 members (excludes halogenated alkanes) is 3. The average molecular weight is 199 g/mol. The normalized spacial score (nSPS) is 16.5. The molecule has 84 valence electrons. The van der Waals surface area contributed by atoms with Crippen molar-refractivity contribution in [3.8, 4) is 0 Å². The number of aliphatic hydroxyl groups excluding tert-OH is 1. The molecule has 0 bridgehead atoms. The molecule has 0 heterocycles. The Kier molecular flexibility index (Phi) is 6.20. The Hall–Kier alpha value is -0.0800. The Balaban J connectivity index is 1.90. The van der Waals surface area contributed by atoms with Gasteiger partial charge in [0, 0.05) is 13.2 Å². The van der Waals surface area contributed by atoms with Crippen LogP contribution in [0.3, 0.4) is 0 Å². The highest BCUT2D eigenvalue weighted by molar-refractivity contribution is 4.76. The van der Waals surface area contributed by atoms with Crippen molar-refractivity contribution in [2.75, 3.05) is 26.2 Å². The van der Waals surface area contributed by atoms with Gasteiger partial charge in [-0.2, -0.15) is 0 Å². The van der Waals surface area contributed by atoms with Crippen LogP contribution in [-0.4, -0.2) is 36.2 Å². The lowest BCUT2D eigenvalue weighted by molar-refractivity contribution is 0.261. The highest BCUT2D eigenvalue weighted by Gasteiger charge is 2.23. The summed E-state index contributed by atoms with van der Waals surface area (Å²) in [5.74, 6) is 1.02. The molecule has 0 radical (unpaired) electrons. The fourth-order valence-electron chi connectivity index (χ4n) is 1.84. The van der Waals surface area contributed by atoms with Crippen LogP contribution < -0.4 is 0 Å². The highest BCUT2D eigenvalue weighted by atomic mass is 16.2. The van der Waals surface area contributed by atoms with Crippen LogP contribution >= 0.6 is 0 Å². The van der Waals surface area contributed by atoms with E-state index in [-0.39, 0.29) is 0 Å². The van der Waals surface area contributed by atoms with Gasteiger partial charge in [-0.15, -0.1) is 0 Å². The van der Waals surface area contributed by atoms with Gasteiger partial charge < -0.3 is 10.0 Å². The Morgan fingerprint density at radius 1 is 1.14 bits per heavy atom. The summed E-state index contributed by atoms with van der Waals surface area (Å²) in [7, 11) is 0. The van der Waals surface area contributed by atoms with Gasteiger partial charge in [0.05, 0.1) is 0 Å². The molecule has 1 fully saturated rings. The zero-order chi connectivity index (χ0) is 10.2. The van der Waals surface area contributed by atoms with Gasteiger partial charge in [-0.1, -0.05) is 19.8 Å². The lowest BCUT2D eigenvalue weighted by Gasteiger charge is -2.19. The van der Waals surface area contributed by atoms with Crippen LogP contribution in [0.25, 0.3) is 0 Å². The summed E-state index contributed by atoms with van der Waals surface area (Å²) < 4.78 is 0. The third kappa shape index (κ3) is 5.61. The smallest absolute Gasteiger partial charge is 0.0431 e. The molecule has 0 aromatic heterocycles. The molecule has 0 saturated heterocycles. The van der Waals surface area contributed by atoms with E-state index in [4.69, 9.17) is 5.11 Å². The molecule has 0 amide bonds. The maximum absolute atomic E-state index is 8.64. The largest absolute Gasteiger partial charge is 0.396 e. The summed E-state index contributed by atoms with van der Waals surface area (Å²) in [5, 5.41) is 8.64. The van der Waals surface area contributed by atoms with Crippen molar-refractivity contribution < 1.29 is 5.11 Å². The molecule has 1 saturated carbocycles. The lowest BCUT2D eigenvalue weighted by atomic mass is 10.2. The quantitative estimate of drug-likeness (QED) is 0.576. The Morgan fingerprint density at radius 3 is 2.43 bits per heavy atom. The van der Waals surface area contributed by atoms with Crippen molar-refractivity contribution in [2.24, 2.45) is 5.92 Å². The van der Waals surface area contributed by atoms with Crippen molar-refractivity contribution in [1.82, 2.24) is 4.90 Å². The summed E-state index contributed by atoms with van der Waals surface area (Å²) in [6.45, 7) is 6.42. The molecular weight excluding hydrogens is 174 g/mol. The molecule has 2 heteroatoms. The van der Waals surface area contributed by atoms with Crippen molar-refractivity contribution in [1.29, 1.82) is 0 Å². The monoisotopic (exact) mass is 199 g/mol. The second kappa shape index (κ2) is 7.24. The first-order chi connectivity index (χ1) is 6.86. The van der Waals surface area contributed by atoms with Gasteiger partial charge in [0.2, 0.25) is 0 Å². The molecule has 1 aliphatic rings. The summed E-state index contributed by atoms with van der Waals surface area (Å²) in [6, 6.07) is 0. The van der Waals surface area contributed by atoms with E-state index < -0.39 is 0 Å². The fourth-order valence-corrected chi connectivity index (χ4v) is 1.84. The number of nitrogens with zero attached hydrogens (tertiary/aromatic N) is 1. The van der Waals surface area contributed by atoms with Crippen LogP contribution in [-0.2, 0) is 0 Å². The standard InChI is InChI=1S/C12H25NO/c1-2-13(11-12-7-8-12)9-5-3-4-6-10-14/h12,14H,2-11H2,1H3. The van der Waals surface area contributed by atoms with Gasteiger partial charge in [0.15, 0.2) is 0 Å². The highest BCUT2D eigenvalue weighted by Crippen LogP contribution is 2.29. The molecule has 1 aliphatic carbocycles. The number of aliphatic hydroxyl groups is 1. The van der Waals surface area contributed by atoms with Crippen LogP contribution in [0.1, 0.15) is 45.4 Å². The van der Waals surface area contributed by atoms with E-state index in [2.05, 4.69) is 11.8 Å². The first-order valence-corrected chi connectivity index (χ1v) is 6.20. The van der Waals surface area contributed by atoms with Gasteiger partial charge in [0.25, 0.3) is 0 Å². The van der Waals surface area contributed by atoms with Crippen molar-refractivity contribution in [2.45, 2.75) is 45.4 Å².